The first-order valence-electron chi connectivity index (χ1n) is 7.71. The van der Waals surface area contributed by atoms with Gasteiger partial charge in [-0.3, -0.25) is 4.79 Å². The number of likely N-dealkylation sites (N-methyl/N-ethyl adjacent to an activating group) is 1. The Kier molecular flexibility index (Phi) is 5.44. The molecular weight excluding hydrogens is 314 g/mol. The number of sulfonamides is 1. The molecule has 1 aliphatic heterocycles. The lowest BCUT2D eigenvalue weighted by atomic mass is 10.1. The summed E-state index contributed by atoms with van der Waals surface area (Å²) in [6.07, 6.45) is 0. The molecule has 7 heteroatoms. The number of nitrogens with zero attached hydrogens (tertiary/aromatic N) is 3. The molecule has 1 aromatic carbocycles. The van der Waals surface area contributed by atoms with Crippen molar-refractivity contribution >= 4 is 15.9 Å². The van der Waals surface area contributed by atoms with E-state index in [0.29, 0.717) is 37.6 Å². The van der Waals surface area contributed by atoms with Gasteiger partial charge in [-0.15, -0.1) is 0 Å². The molecule has 0 aromatic heterocycles. The van der Waals surface area contributed by atoms with E-state index in [-0.39, 0.29) is 5.91 Å². The number of rotatable bonds is 4. The van der Waals surface area contributed by atoms with E-state index in [9.17, 15) is 13.2 Å². The molecule has 1 amide bonds. The summed E-state index contributed by atoms with van der Waals surface area (Å²) in [6.45, 7) is 5.79. The summed E-state index contributed by atoms with van der Waals surface area (Å²) in [5.41, 5.74) is 2.04. The second-order valence-electron chi connectivity index (χ2n) is 6.27. The van der Waals surface area contributed by atoms with Gasteiger partial charge >= 0.3 is 0 Å². The third kappa shape index (κ3) is 4.10. The molecule has 1 saturated heterocycles. The molecule has 1 aromatic rings. The number of benzene rings is 1. The average Bonchev–Trinajstić information content (AvgIpc) is 2.49. The van der Waals surface area contributed by atoms with Crippen molar-refractivity contribution in [3.05, 3.63) is 29.3 Å². The van der Waals surface area contributed by atoms with Crippen molar-refractivity contribution < 1.29 is 13.2 Å². The van der Waals surface area contributed by atoms with Gasteiger partial charge in [0.25, 0.3) is 0 Å². The standard InChI is InChI=1S/C16H25N3O3S/c1-13-5-6-15(11-14(13)2)23(21,22)19-9-7-18(8-10-19)16(20)12-17(3)4/h5-6,11H,7-10,12H2,1-4H3. The van der Waals surface area contributed by atoms with Gasteiger partial charge in [0.05, 0.1) is 11.4 Å². The van der Waals surface area contributed by atoms with Crippen LogP contribution in [0.4, 0.5) is 0 Å². The van der Waals surface area contributed by atoms with E-state index in [1.807, 2.05) is 38.9 Å². The first-order chi connectivity index (χ1) is 10.7. The topological polar surface area (TPSA) is 60.9 Å². The second kappa shape index (κ2) is 6.98. The quantitative estimate of drug-likeness (QED) is 0.810. The molecule has 2 rings (SSSR count). The number of hydrogen-bond acceptors (Lipinski definition) is 4. The lowest BCUT2D eigenvalue weighted by Crippen LogP contribution is -2.52. The third-order valence-corrected chi connectivity index (χ3v) is 6.05. The van der Waals surface area contributed by atoms with Crippen LogP contribution in [-0.4, -0.2) is 75.2 Å². The van der Waals surface area contributed by atoms with E-state index >= 15 is 0 Å². The van der Waals surface area contributed by atoms with E-state index in [2.05, 4.69) is 0 Å². The fourth-order valence-electron chi connectivity index (χ4n) is 2.57. The number of carbonyl (C=O) groups excluding carboxylic acids is 1. The van der Waals surface area contributed by atoms with Crippen molar-refractivity contribution in [2.45, 2.75) is 18.7 Å². The summed E-state index contributed by atoms with van der Waals surface area (Å²) in [5, 5.41) is 0. The molecule has 0 atom stereocenters. The second-order valence-corrected chi connectivity index (χ2v) is 8.21. The lowest BCUT2D eigenvalue weighted by Gasteiger charge is -2.34. The van der Waals surface area contributed by atoms with Crippen LogP contribution >= 0.6 is 0 Å². The van der Waals surface area contributed by atoms with Crippen molar-refractivity contribution in [2.24, 2.45) is 0 Å². The molecule has 1 aliphatic rings. The molecule has 0 radical (unpaired) electrons. The maximum absolute atomic E-state index is 12.7. The van der Waals surface area contributed by atoms with E-state index < -0.39 is 10.0 Å². The maximum atomic E-state index is 12.7. The van der Waals surface area contributed by atoms with Gasteiger partial charge in [-0.05, 0) is 51.2 Å². The van der Waals surface area contributed by atoms with E-state index in [1.165, 1.54) is 4.31 Å². The number of aryl methyl sites for hydroxylation is 2. The van der Waals surface area contributed by atoms with Crippen LogP contribution in [0.1, 0.15) is 11.1 Å². The van der Waals surface area contributed by atoms with Crippen molar-refractivity contribution in [2.75, 3.05) is 46.8 Å². The molecule has 0 spiro atoms. The highest BCUT2D eigenvalue weighted by molar-refractivity contribution is 7.89. The van der Waals surface area contributed by atoms with Gasteiger partial charge in [0.1, 0.15) is 0 Å². The van der Waals surface area contributed by atoms with Crippen LogP contribution in [0.15, 0.2) is 23.1 Å². The van der Waals surface area contributed by atoms with Crippen LogP contribution in [0.3, 0.4) is 0 Å². The van der Waals surface area contributed by atoms with Crippen LogP contribution in [0, 0.1) is 13.8 Å². The summed E-state index contributed by atoms with van der Waals surface area (Å²) >= 11 is 0. The van der Waals surface area contributed by atoms with Gasteiger partial charge in [0.2, 0.25) is 15.9 Å². The highest BCUT2D eigenvalue weighted by Gasteiger charge is 2.30. The van der Waals surface area contributed by atoms with Gasteiger partial charge in [-0.2, -0.15) is 4.31 Å². The molecule has 0 N–H and O–H groups in total. The van der Waals surface area contributed by atoms with Crippen molar-refractivity contribution in [3.63, 3.8) is 0 Å². The number of piperazine rings is 1. The monoisotopic (exact) mass is 339 g/mol. The zero-order valence-corrected chi connectivity index (χ0v) is 15.1. The van der Waals surface area contributed by atoms with Crippen LogP contribution in [-0.2, 0) is 14.8 Å². The summed E-state index contributed by atoms with van der Waals surface area (Å²) in [6, 6.07) is 5.20. The minimum Gasteiger partial charge on any atom is -0.339 e. The Bertz CT molecular complexity index is 678. The van der Waals surface area contributed by atoms with E-state index in [4.69, 9.17) is 0 Å². The Hall–Kier alpha value is -1.44. The molecule has 23 heavy (non-hydrogen) atoms. The summed E-state index contributed by atoms with van der Waals surface area (Å²) in [5.74, 6) is 0.0400. The number of hydrogen-bond donors (Lipinski definition) is 0. The van der Waals surface area contributed by atoms with E-state index in [0.717, 1.165) is 11.1 Å². The molecule has 128 valence electrons. The molecule has 0 aliphatic carbocycles. The first-order valence-corrected chi connectivity index (χ1v) is 9.15. The smallest absolute Gasteiger partial charge is 0.243 e. The zero-order valence-electron chi connectivity index (χ0n) is 14.2. The minimum absolute atomic E-state index is 0.0400. The number of amides is 1. The molecular formula is C16H25N3O3S. The largest absolute Gasteiger partial charge is 0.339 e. The lowest BCUT2D eigenvalue weighted by molar-refractivity contribution is -0.133. The normalized spacial score (nSPS) is 16.8. The fourth-order valence-corrected chi connectivity index (χ4v) is 4.08. The van der Waals surface area contributed by atoms with Crippen LogP contribution in [0.5, 0.6) is 0 Å². The first kappa shape index (κ1) is 17.9. The van der Waals surface area contributed by atoms with Crippen LogP contribution in [0.2, 0.25) is 0 Å². The predicted octanol–water partition coefficient (Wildman–Crippen LogP) is 0.698. The Morgan fingerprint density at radius 3 is 2.22 bits per heavy atom. The van der Waals surface area contributed by atoms with Crippen molar-refractivity contribution in [1.82, 2.24) is 14.1 Å². The fraction of sp³-hybridized carbons (Fsp3) is 0.562. The maximum Gasteiger partial charge on any atom is 0.243 e. The molecule has 1 heterocycles. The Labute approximate surface area is 138 Å². The zero-order chi connectivity index (χ0) is 17.2. The van der Waals surface area contributed by atoms with Gasteiger partial charge in [-0.25, -0.2) is 8.42 Å². The van der Waals surface area contributed by atoms with Gasteiger partial charge in [0, 0.05) is 26.2 Å². The minimum atomic E-state index is -3.49. The molecule has 6 nitrogen and oxygen atoms in total. The van der Waals surface area contributed by atoms with E-state index in [1.54, 1.807) is 17.0 Å². The van der Waals surface area contributed by atoms with Crippen LogP contribution < -0.4 is 0 Å². The Morgan fingerprint density at radius 1 is 1.09 bits per heavy atom. The highest BCUT2D eigenvalue weighted by atomic mass is 32.2. The average molecular weight is 339 g/mol. The summed E-state index contributed by atoms with van der Waals surface area (Å²) < 4.78 is 26.9. The molecule has 1 fully saturated rings. The number of carbonyl (C=O) groups is 1. The molecule has 0 bridgehead atoms. The van der Waals surface area contributed by atoms with Crippen LogP contribution in [0.25, 0.3) is 0 Å². The molecule has 0 saturated carbocycles. The van der Waals surface area contributed by atoms with Gasteiger partial charge in [0.15, 0.2) is 0 Å². The Balaban J connectivity index is 2.06. The van der Waals surface area contributed by atoms with Gasteiger partial charge in [-0.1, -0.05) is 6.07 Å². The summed E-state index contributed by atoms with van der Waals surface area (Å²) in [7, 11) is 0.203. The van der Waals surface area contributed by atoms with Crippen molar-refractivity contribution in [1.29, 1.82) is 0 Å². The van der Waals surface area contributed by atoms with Crippen molar-refractivity contribution in [3.8, 4) is 0 Å². The summed E-state index contributed by atoms with van der Waals surface area (Å²) in [4.78, 5) is 15.9. The van der Waals surface area contributed by atoms with Gasteiger partial charge < -0.3 is 9.80 Å². The Morgan fingerprint density at radius 2 is 1.70 bits per heavy atom. The molecule has 0 unspecified atom stereocenters. The third-order valence-electron chi connectivity index (χ3n) is 4.16. The SMILES string of the molecule is Cc1ccc(S(=O)(=O)N2CCN(C(=O)CN(C)C)CC2)cc1C. The predicted molar refractivity (Wildman–Crippen MR) is 89.8 cm³/mol. The highest BCUT2D eigenvalue weighted by Crippen LogP contribution is 2.20.